The van der Waals surface area contributed by atoms with Crippen molar-refractivity contribution in [2.75, 3.05) is 6.61 Å². The monoisotopic (exact) mass is 298 g/mol. The molecule has 2 unspecified atom stereocenters. The van der Waals surface area contributed by atoms with Crippen molar-refractivity contribution in [1.29, 1.82) is 0 Å². The molecule has 1 aliphatic rings. The van der Waals surface area contributed by atoms with Gasteiger partial charge in [0.05, 0.1) is 6.61 Å². The molecule has 0 spiro atoms. The first-order chi connectivity index (χ1) is 9.84. The van der Waals surface area contributed by atoms with Gasteiger partial charge in [-0.25, -0.2) is 9.59 Å². The van der Waals surface area contributed by atoms with E-state index >= 15 is 0 Å². The summed E-state index contributed by atoms with van der Waals surface area (Å²) in [6, 6.07) is 0. The molecule has 1 N–H and O–H groups in total. The first-order valence-corrected chi connectivity index (χ1v) is 7.10. The lowest BCUT2D eigenvalue weighted by atomic mass is 9.64. The largest absolute Gasteiger partial charge is 0.481 e. The molecule has 6 nitrogen and oxygen atoms in total. The second-order valence-corrected chi connectivity index (χ2v) is 5.43. The Hall–Kier alpha value is -1.85. The van der Waals surface area contributed by atoms with Crippen LogP contribution in [0, 0.1) is 5.41 Å². The van der Waals surface area contributed by atoms with Crippen LogP contribution < -0.4 is 0 Å². The van der Waals surface area contributed by atoms with Crippen molar-refractivity contribution in [3.8, 4) is 0 Å². The summed E-state index contributed by atoms with van der Waals surface area (Å²) < 4.78 is 10.4. The van der Waals surface area contributed by atoms with E-state index in [0.29, 0.717) is 19.3 Å². The minimum atomic E-state index is -1.79. The maximum Gasteiger partial charge on any atom is 0.351 e. The second-order valence-electron chi connectivity index (χ2n) is 5.43. The van der Waals surface area contributed by atoms with Crippen LogP contribution in [0.5, 0.6) is 0 Å². The number of aliphatic carboxylic acids is 1. The van der Waals surface area contributed by atoms with E-state index in [4.69, 9.17) is 9.47 Å². The summed E-state index contributed by atoms with van der Waals surface area (Å²) in [5, 5.41) is 9.57. The van der Waals surface area contributed by atoms with Gasteiger partial charge in [-0.3, -0.25) is 4.79 Å². The molecular weight excluding hydrogens is 276 g/mol. The Kier molecular flexibility index (Phi) is 5.52. The number of carboxylic acid groups (broad SMARTS) is 1. The van der Waals surface area contributed by atoms with Gasteiger partial charge in [0.15, 0.2) is 0 Å². The Morgan fingerprint density at radius 1 is 1.29 bits per heavy atom. The van der Waals surface area contributed by atoms with Crippen LogP contribution in [-0.4, -0.2) is 35.2 Å². The van der Waals surface area contributed by atoms with E-state index in [2.05, 4.69) is 6.58 Å². The molecule has 1 rings (SSSR count). The zero-order valence-electron chi connectivity index (χ0n) is 12.5. The average molecular weight is 298 g/mol. The molecule has 0 bridgehead atoms. The van der Waals surface area contributed by atoms with Crippen LogP contribution in [0.3, 0.4) is 0 Å². The Morgan fingerprint density at radius 2 is 1.90 bits per heavy atom. The van der Waals surface area contributed by atoms with Gasteiger partial charge in [0, 0.05) is 6.08 Å². The van der Waals surface area contributed by atoms with E-state index in [1.165, 1.54) is 6.92 Å². The van der Waals surface area contributed by atoms with Gasteiger partial charge >= 0.3 is 17.9 Å². The summed E-state index contributed by atoms with van der Waals surface area (Å²) in [4.78, 5) is 35.8. The number of carbonyl (C=O) groups is 3. The fourth-order valence-electron chi connectivity index (χ4n) is 2.67. The van der Waals surface area contributed by atoms with E-state index in [-0.39, 0.29) is 19.4 Å². The van der Waals surface area contributed by atoms with Gasteiger partial charge in [-0.1, -0.05) is 19.9 Å². The van der Waals surface area contributed by atoms with Crippen LogP contribution >= 0.6 is 0 Å². The van der Waals surface area contributed by atoms with E-state index in [1.807, 2.05) is 6.92 Å². The predicted molar refractivity (Wildman–Crippen MR) is 74.5 cm³/mol. The molecule has 1 fully saturated rings. The number of hydrogen-bond acceptors (Lipinski definition) is 5. The Balaban J connectivity index is 3.26. The molecule has 1 aliphatic carbocycles. The first kappa shape index (κ1) is 17.2. The molecule has 2 atom stereocenters. The van der Waals surface area contributed by atoms with Crippen molar-refractivity contribution >= 4 is 17.9 Å². The SMILES string of the molecule is C=CC(=O)OC1(C(=O)OCCC)CCCCC1(C)C(=O)O. The molecule has 118 valence electrons. The van der Waals surface area contributed by atoms with Crippen LogP contribution in [0.1, 0.15) is 46.0 Å². The fraction of sp³-hybridized carbons (Fsp3) is 0.667. The number of rotatable bonds is 6. The van der Waals surface area contributed by atoms with Crippen LogP contribution in [-0.2, 0) is 23.9 Å². The van der Waals surface area contributed by atoms with Crippen molar-refractivity contribution in [3.05, 3.63) is 12.7 Å². The van der Waals surface area contributed by atoms with Gasteiger partial charge in [-0.15, -0.1) is 0 Å². The molecule has 0 aromatic carbocycles. The Morgan fingerprint density at radius 3 is 2.43 bits per heavy atom. The van der Waals surface area contributed by atoms with Crippen molar-refractivity contribution in [2.24, 2.45) is 5.41 Å². The maximum absolute atomic E-state index is 12.5. The summed E-state index contributed by atoms with van der Waals surface area (Å²) in [6.07, 6.45) is 3.14. The lowest BCUT2D eigenvalue weighted by molar-refractivity contribution is -0.210. The van der Waals surface area contributed by atoms with Gasteiger partial charge < -0.3 is 14.6 Å². The summed E-state index contributed by atoms with van der Waals surface area (Å²) in [5.41, 5.74) is -3.30. The zero-order chi connectivity index (χ0) is 16.1. The minimum Gasteiger partial charge on any atom is -0.481 e. The summed E-state index contributed by atoms with van der Waals surface area (Å²) in [5.74, 6) is -2.78. The third-order valence-corrected chi connectivity index (χ3v) is 4.03. The second kappa shape index (κ2) is 6.74. The van der Waals surface area contributed by atoms with Crippen molar-refractivity contribution < 1.29 is 29.0 Å². The first-order valence-electron chi connectivity index (χ1n) is 7.10. The molecule has 0 saturated heterocycles. The lowest BCUT2D eigenvalue weighted by Crippen LogP contribution is -2.61. The highest BCUT2D eigenvalue weighted by Crippen LogP contribution is 2.48. The third-order valence-electron chi connectivity index (χ3n) is 4.03. The topological polar surface area (TPSA) is 89.9 Å². The maximum atomic E-state index is 12.5. The number of ether oxygens (including phenoxy) is 2. The van der Waals surface area contributed by atoms with Crippen molar-refractivity contribution in [3.63, 3.8) is 0 Å². The Bertz CT molecular complexity index is 443. The van der Waals surface area contributed by atoms with Crippen LogP contribution in [0.15, 0.2) is 12.7 Å². The molecule has 21 heavy (non-hydrogen) atoms. The number of esters is 2. The highest BCUT2D eigenvalue weighted by Gasteiger charge is 2.63. The van der Waals surface area contributed by atoms with E-state index in [9.17, 15) is 19.5 Å². The zero-order valence-corrected chi connectivity index (χ0v) is 12.5. The quantitative estimate of drug-likeness (QED) is 0.596. The van der Waals surface area contributed by atoms with Crippen LogP contribution in [0.25, 0.3) is 0 Å². The molecular formula is C15H22O6. The molecule has 0 radical (unpaired) electrons. The van der Waals surface area contributed by atoms with Crippen LogP contribution in [0.2, 0.25) is 0 Å². The van der Waals surface area contributed by atoms with Gasteiger partial charge in [0.25, 0.3) is 0 Å². The van der Waals surface area contributed by atoms with Crippen molar-refractivity contribution in [2.45, 2.75) is 51.6 Å². The standard InChI is InChI=1S/C15H22O6/c1-4-10-20-13(19)15(21-11(16)5-2)9-7-6-8-14(15,3)12(17)18/h5H,2,4,6-10H2,1,3H3,(H,17,18). The molecule has 0 amide bonds. The molecule has 0 aromatic rings. The summed E-state index contributed by atoms with van der Waals surface area (Å²) >= 11 is 0. The van der Waals surface area contributed by atoms with Gasteiger partial charge in [0.2, 0.25) is 5.60 Å². The van der Waals surface area contributed by atoms with Gasteiger partial charge in [-0.05, 0) is 32.6 Å². The third kappa shape index (κ3) is 3.09. The van der Waals surface area contributed by atoms with Gasteiger partial charge in [0.1, 0.15) is 5.41 Å². The number of carboxylic acids is 1. The number of hydrogen-bond donors (Lipinski definition) is 1. The Labute approximate surface area is 124 Å². The van der Waals surface area contributed by atoms with E-state index < -0.39 is 28.9 Å². The van der Waals surface area contributed by atoms with Crippen LogP contribution in [0.4, 0.5) is 0 Å². The normalized spacial score (nSPS) is 28.5. The summed E-state index contributed by atoms with van der Waals surface area (Å²) in [7, 11) is 0. The fourth-order valence-corrected chi connectivity index (χ4v) is 2.67. The molecule has 0 heterocycles. The highest BCUT2D eigenvalue weighted by molar-refractivity contribution is 5.93. The molecule has 6 heteroatoms. The highest BCUT2D eigenvalue weighted by atomic mass is 16.6. The predicted octanol–water partition coefficient (Wildman–Crippen LogP) is 2.07. The number of carbonyl (C=O) groups excluding carboxylic acids is 2. The van der Waals surface area contributed by atoms with Gasteiger partial charge in [-0.2, -0.15) is 0 Å². The van der Waals surface area contributed by atoms with Crippen molar-refractivity contribution in [1.82, 2.24) is 0 Å². The molecule has 0 aliphatic heterocycles. The van der Waals surface area contributed by atoms with E-state index in [0.717, 1.165) is 6.08 Å². The molecule has 1 saturated carbocycles. The minimum absolute atomic E-state index is 0.137. The molecule has 0 aromatic heterocycles. The lowest BCUT2D eigenvalue weighted by Gasteiger charge is -2.45. The van der Waals surface area contributed by atoms with E-state index in [1.54, 1.807) is 0 Å². The summed E-state index contributed by atoms with van der Waals surface area (Å²) in [6.45, 7) is 6.71. The smallest absolute Gasteiger partial charge is 0.351 e. The average Bonchev–Trinajstić information content (AvgIpc) is 2.46.